The zero-order chi connectivity index (χ0) is 9.26. The van der Waals surface area contributed by atoms with Crippen LogP contribution in [0.1, 0.15) is 19.3 Å². The van der Waals surface area contributed by atoms with Crippen LogP contribution in [0.25, 0.3) is 0 Å². The number of likely N-dealkylation sites (tertiary alicyclic amines) is 1. The second kappa shape index (κ2) is 3.66. The van der Waals surface area contributed by atoms with Gasteiger partial charge in [-0.1, -0.05) is 6.42 Å². The van der Waals surface area contributed by atoms with E-state index in [1.54, 1.807) is 7.11 Å². The number of rotatable bonds is 2. The van der Waals surface area contributed by atoms with Crippen molar-refractivity contribution in [2.24, 2.45) is 11.8 Å². The highest BCUT2D eigenvalue weighted by Crippen LogP contribution is 2.37. The highest BCUT2D eigenvalue weighted by molar-refractivity contribution is 5.77. The van der Waals surface area contributed by atoms with Crippen LogP contribution >= 0.6 is 0 Å². The maximum absolute atomic E-state index is 11.5. The molecule has 0 radical (unpaired) electrons. The molecule has 0 aromatic rings. The van der Waals surface area contributed by atoms with E-state index in [2.05, 4.69) is 0 Å². The Morgan fingerprint density at radius 2 is 2.00 bits per heavy atom. The topological polar surface area (TPSA) is 29.5 Å². The second-order valence-electron chi connectivity index (χ2n) is 4.18. The van der Waals surface area contributed by atoms with Crippen molar-refractivity contribution in [2.45, 2.75) is 19.3 Å². The van der Waals surface area contributed by atoms with Crippen LogP contribution in [-0.2, 0) is 9.53 Å². The third-order valence-electron chi connectivity index (χ3n) is 3.35. The molecule has 1 aliphatic carbocycles. The molecule has 1 saturated heterocycles. The predicted octanol–water partition coefficient (Wildman–Crippen LogP) is 0.891. The highest BCUT2D eigenvalue weighted by Gasteiger charge is 2.37. The summed E-state index contributed by atoms with van der Waals surface area (Å²) in [6, 6.07) is 0. The average Bonchev–Trinajstić information content (AvgIpc) is 2.61. The molecule has 0 N–H and O–H groups in total. The van der Waals surface area contributed by atoms with E-state index in [-0.39, 0.29) is 12.5 Å². The van der Waals surface area contributed by atoms with E-state index in [4.69, 9.17) is 4.74 Å². The molecule has 3 heteroatoms. The normalized spacial score (nSPS) is 32.2. The van der Waals surface area contributed by atoms with Gasteiger partial charge in [-0.2, -0.15) is 0 Å². The number of methoxy groups -OCH3 is 1. The van der Waals surface area contributed by atoms with E-state index in [0.717, 1.165) is 24.9 Å². The van der Waals surface area contributed by atoms with Crippen LogP contribution < -0.4 is 0 Å². The lowest BCUT2D eigenvalue weighted by molar-refractivity contribution is -0.134. The molecule has 1 saturated carbocycles. The van der Waals surface area contributed by atoms with Crippen LogP contribution in [0.3, 0.4) is 0 Å². The van der Waals surface area contributed by atoms with Gasteiger partial charge in [-0.05, 0) is 24.7 Å². The summed E-state index contributed by atoms with van der Waals surface area (Å²) in [6.07, 6.45) is 4.00. The summed E-state index contributed by atoms with van der Waals surface area (Å²) in [5, 5.41) is 0. The Labute approximate surface area is 79.0 Å². The number of nitrogens with zero attached hydrogens (tertiary/aromatic N) is 1. The average molecular weight is 183 g/mol. The molecule has 2 fully saturated rings. The van der Waals surface area contributed by atoms with Gasteiger partial charge >= 0.3 is 0 Å². The Kier molecular flexibility index (Phi) is 2.54. The first-order valence-corrected chi connectivity index (χ1v) is 5.08. The number of hydrogen-bond donors (Lipinski definition) is 0. The fourth-order valence-corrected chi connectivity index (χ4v) is 2.65. The summed E-state index contributed by atoms with van der Waals surface area (Å²) < 4.78 is 4.85. The van der Waals surface area contributed by atoms with Crippen LogP contribution in [0, 0.1) is 11.8 Å². The number of amides is 1. The van der Waals surface area contributed by atoms with Crippen molar-refractivity contribution >= 4 is 5.91 Å². The molecule has 2 atom stereocenters. The molecule has 0 bridgehead atoms. The summed E-state index contributed by atoms with van der Waals surface area (Å²) in [6.45, 7) is 2.21. The number of hydrogen-bond acceptors (Lipinski definition) is 2. The molecule has 0 aromatic carbocycles. The van der Waals surface area contributed by atoms with Gasteiger partial charge in [0.2, 0.25) is 5.91 Å². The van der Waals surface area contributed by atoms with Gasteiger partial charge in [0.05, 0.1) is 0 Å². The second-order valence-corrected chi connectivity index (χ2v) is 4.18. The van der Waals surface area contributed by atoms with Crippen LogP contribution in [0.5, 0.6) is 0 Å². The summed E-state index contributed by atoms with van der Waals surface area (Å²) in [5.41, 5.74) is 0. The van der Waals surface area contributed by atoms with Crippen molar-refractivity contribution in [3.8, 4) is 0 Å². The molecule has 1 aliphatic heterocycles. The minimum Gasteiger partial charge on any atom is -0.375 e. The van der Waals surface area contributed by atoms with Crippen molar-refractivity contribution < 1.29 is 9.53 Å². The van der Waals surface area contributed by atoms with Gasteiger partial charge in [-0.15, -0.1) is 0 Å². The molecule has 13 heavy (non-hydrogen) atoms. The molecule has 2 aliphatic rings. The van der Waals surface area contributed by atoms with Crippen LogP contribution in [-0.4, -0.2) is 37.6 Å². The molecule has 74 valence electrons. The molecule has 2 rings (SSSR count). The summed E-state index contributed by atoms with van der Waals surface area (Å²) in [5.74, 6) is 1.75. The third kappa shape index (κ3) is 1.70. The standard InChI is InChI=1S/C10H17NO2/c1-13-7-10(12)11-5-8-3-2-4-9(8)6-11/h8-9H,2-7H2,1H3. The Bertz CT molecular complexity index is 193. The number of fused-ring (bicyclic) bond motifs is 1. The number of ether oxygens (including phenoxy) is 1. The molecule has 0 spiro atoms. The fraction of sp³-hybridized carbons (Fsp3) is 0.900. The van der Waals surface area contributed by atoms with Gasteiger partial charge in [0.1, 0.15) is 6.61 Å². The van der Waals surface area contributed by atoms with E-state index in [0.29, 0.717) is 0 Å². The molecular formula is C10H17NO2. The van der Waals surface area contributed by atoms with E-state index in [9.17, 15) is 4.79 Å². The summed E-state index contributed by atoms with van der Waals surface area (Å²) in [7, 11) is 1.58. The van der Waals surface area contributed by atoms with Crippen LogP contribution in [0.2, 0.25) is 0 Å². The quantitative estimate of drug-likeness (QED) is 0.636. The van der Waals surface area contributed by atoms with E-state index >= 15 is 0 Å². The van der Waals surface area contributed by atoms with Crippen molar-refractivity contribution in [2.75, 3.05) is 26.8 Å². The van der Waals surface area contributed by atoms with Gasteiger partial charge in [-0.3, -0.25) is 4.79 Å². The fourth-order valence-electron chi connectivity index (χ4n) is 2.65. The summed E-state index contributed by atoms with van der Waals surface area (Å²) in [4.78, 5) is 13.4. The van der Waals surface area contributed by atoms with Gasteiger partial charge in [0.15, 0.2) is 0 Å². The maximum Gasteiger partial charge on any atom is 0.248 e. The summed E-state index contributed by atoms with van der Waals surface area (Å²) >= 11 is 0. The van der Waals surface area contributed by atoms with Crippen molar-refractivity contribution in [1.82, 2.24) is 4.90 Å². The van der Waals surface area contributed by atoms with Crippen molar-refractivity contribution in [1.29, 1.82) is 0 Å². The van der Waals surface area contributed by atoms with Crippen LogP contribution in [0.4, 0.5) is 0 Å². The lowest BCUT2D eigenvalue weighted by atomic mass is 10.0. The molecule has 2 unspecified atom stereocenters. The Hall–Kier alpha value is -0.570. The Morgan fingerprint density at radius 1 is 1.38 bits per heavy atom. The zero-order valence-corrected chi connectivity index (χ0v) is 8.16. The molecule has 0 aromatic heterocycles. The van der Waals surface area contributed by atoms with Gasteiger partial charge in [-0.25, -0.2) is 0 Å². The van der Waals surface area contributed by atoms with Gasteiger partial charge < -0.3 is 9.64 Å². The van der Waals surface area contributed by atoms with E-state index in [1.165, 1.54) is 19.3 Å². The molecule has 1 heterocycles. The molecular weight excluding hydrogens is 166 g/mol. The first-order chi connectivity index (χ1) is 6.31. The first-order valence-electron chi connectivity index (χ1n) is 5.08. The SMILES string of the molecule is COCC(=O)N1CC2CCCC2C1. The lowest BCUT2D eigenvalue weighted by Gasteiger charge is -2.16. The van der Waals surface area contributed by atoms with E-state index < -0.39 is 0 Å². The largest absolute Gasteiger partial charge is 0.375 e. The Balaban J connectivity index is 1.87. The first kappa shape index (κ1) is 9.00. The molecule has 1 amide bonds. The Morgan fingerprint density at radius 3 is 2.54 bits per heavy atom. The maximum atomic E-state index is 11.5. The van der Waals surface area contributed by atoms with Crippen LogP contribution in [0.15, 0.2) is 0 Å². The zero-order valence-electron chi connectivity index (χ0n) is 8.16. The highest BCUT2D eigenvalue weighted by atomic mass is 16.5. The van der Waals surface area contributed by atoms with Gasteiger partial charge in [0.25, 0.3) is 0 Å². The van der Waals surface area contributed by atoms with Crippen molar-refractivity contribution in [3.63, 3.8) is 0 Å². The lowest BCUT2D eigenvalue weighted by Crippen LogP contribution is -2.32. The monoisotopic (exact) mass is 183 g/mol. The van der Waals surface area contributed by atoms with Gasteiger partial charge in [0, 0.05) is 20.2 Å². The van der Waals surface area contributed by atoms with Crippen molar-refractivity contribution in [3.05, 3.63) is 0 Å². The minimum absolute atomic E-state index is 0.164. The number of carbonyl (C=O) groups excluding carboxylic acids is 1. The van der Waals surface area contributed by atoms with E-state index in [1.807, 2.05) is 4.90 Å². The predicted molar refractivity (Wildman–Crippen MR) is 49.3 cm³/mol. The third-order valence-corrected chi connectivity index (χ3v) is 3.35. The minimum atomic E-state index is 0.164. The smallest absolute Gasteiger partial charge is 0.248 e. The molecule has 3 nitrogen and oxygen atoms in total. The number of carbonyl (C=O) groups is 1.